The molecule has 1 rings (SSSR count). The van der Waals surface area contributed by atoms with Crippen molar-refractivity contribution in [3.8, 4) is 0 Å². The van der Waals surface area contributed by atoms with Gasteiger partial charge in [0.25, 0.3) is 0 Å². The number of amides is 1. The lowest BCUT2D eigenvalue weighted by Crippen LogP contribution is -2.44. The second-order valence-electron chi connectivity index (χ2n) is 4.50. The molecule has 1 saturated heterocycles. The van der Waals surface area contributed by atoms with Crippen molar-refractivity contribution in [1.82, 2.24) is 10.6 Å². The number of ether oxygens (including phenoxy) is 2. The third kappa shape index (κ3) is 4.89. The SMILES string of the molecule is CCNC1COCC1C(=O)NCCC(O)COC. The Hall–Kier alpha value is -0.690. The lowest BCUT2D eigenvalue weighted by atomic mass is 10.0. The van der Waals surface area contributed by atoms with Crippen LogP contribution in [-0.2, 0) is 14.3 Å². The van der Waals surface area contributed by atoms with Gasteiger partial charge in [-0.05, 0) is 13.0 Å². The Bertz CT molecular complexity index is 250. The summed E-state index contributed by atoms with van der Waals surface area (Å²) in [5.74, 6) is -0.146. The monoisotopic (exact) mass is 260 g/mol. The number of likely N-dealkylation sites (N-methyl/N-ethyl adjacent to an activating group) is 1. The van der Waals surface area contributed by atoms with Crippen LogP contribution in [0.3, 0.4) is 0 Å². The summed E-state index contributed by atoms with van der Waals surface area (Å²) >= 11 is 0. The Labute approximate surface area is 108 Å². The first-order valence-corrected chi connectivity index (χ1v) is 6.44. The highest BCUT2D eigenvalue weighted by Gasteiger charge is 2.33. The Morgan fingerprint density at radius 1 is 1.56 bits per heavy atom. The van der Waals surface area contributed by atoms with Gasteiger partial charge in [-0.1, -0.05) is 6.92 Å². The maximum Gasteiger partial charge on any atom is 0.227 e. The first kappa shape index (κ1) is 15.4. The van der Waals surface area contributed by atoms with E-state index >= 15 is 0 Å². The largest absolute Gasteiger partial charge is 0.391 e. The van der Waals surface area contributed by atoms with E-state index in [2.05, 4.69) is 10.6 Å². The van der Waals surface area contributed by atoms with Crippen LogP contribution in [0.1, 0.15) is 13.3 Å². The van der Waals surface area contributed by atoms with E-state index in [9.17, 15) is 9.90 Å². The van der Waals surface area contributed by atoms with Crippen LogP contribution in [0, 0.1) is 5.92 Å². The molecule has 1 fully saturated rings. The van der Waals surface area contributed by atoms with Crippen LogP contribution in [0.25, 0.3) is 0 Å². The number of carbonyl (C=O) groups is 1. The topological polar surface area (TPSA) is 79.8 Å². The van der Waals surface area contributed by atoms with Crippen molar-refractivity contribution < 1.29 is 19.4 Å². The highest BCUT2D eigenvalue weighted by atomic mass is 16.5. The number of carbonyl (C=O) groups excluding carboxylic acids is 1. The quantitative estimate of drug-likeness (QED) is 0.528. The third-order valence-corrected chi connectivity index (χ3v) is 3.02. The first-order chi connectivity index (χ1) is 8.69. The van der Waals surface area contributed by atoms with Gasteiger partial charge in [0.1, 0.15) is 0 Å². The zero-order valence-electron chi connectivity index (χ0n) is 11.1. The van der Waals surface area contributed by atoms with Gasteiger partial charge in [0.05, 0.1) is 31.8 Å². The number of nitrogens with one attached hydrogen (secondary N) is 2. The highest BCUT2D eigenvalue weighted by Crippen LogP contribution is 2.13. The molecule has 3 atom stereocenters. The molecule has 0 bridgehead atoms. The zero-order valence-corrected chi connectivity index (χ0v) is 11.1. The van der Waals surface area contributed by atoms with E-state index in [1.165, 1.54) is 0 Å². The van der Waals surface area contributed by atoms with Crippen molar-refractivity contribution in [1.29, 1.82) is 0 Å². The van der Waals surface area contributed by atoms with Crippen LogP contribution in [0.4, 0.5) is 0 Å². The summed E-state index contributed by atoms with van der Waals surface area (Å²) in [6, 6.07) is 0.0962. The molecule has 6 heteroatoms. The molecule has 1 amide bonds. The van der Waals surface area contributed by atoms with Gasteiger partial charge in [-0.3, -0.25) is 4.79 Å². The first-order valence-electron chi connectivity index (χ1n) is 6.44. The third-order valence-electron chi connectivity index (χ3n) is 3.02. The van der Waals surface area contributed by atoms with Crippen LogP contribution in [0.15, 0.2) is 0 Å². The minimum Gasteiger partial charge on any atom is -0.391 e. The van der Waals surface area contributed by atoms with Crippen LogP contribution < -0.4 is 10.6 Å². The van der Waals surface area contributed by atoms with E-state index in [-0.39, 0.29) is 17.9 Å². The Kier molecular flexibility index (Phi) is 7.19. The van der Waals surface area contributed by atoms with Gasteiger partial charge in [-0.2, -0.15) is 0 Å². The summed E-state index contributed by atoms with van der Waals surface area (Å²) < 4.78 is 10.1. The van der Waals surface area contributed by atoms with Crippen molar-refractivity contribution in [3.05, 3.63) is 0 Å². The summed E-state index contributed by atoms with van der Waals surface area (Å²) in [4.78, 5) is 11.9. The van der Waals surface area contributed by atoms with E-state index < -0.39 is 6.10 Å². The van der Waals surface area contributed by atoms with Gasteiger partial charge in [0.15, 0.2) is 0 Å². The lowest BCUT2D eigenvalue weighted by molar-refractivity contribution is -0.125. The van der Waals surface area contributed by atoms with Crippen LogP contribution in [-0.4, -0.2) is 63.2 Å². The highest BCUT2D eigenvalue weighted by molar-refractivity contribution is 5.79. The number of aliphatic hydroxyl groups is 1. The van der Waals surface area contributed by atoms with Crippen LogP contribution >= 0.6 is 0 Å². The van der Waals surface area contributed by atoms with E-state index in [0.29, 0.717) is 32.8 Å². The summed E-state index contributed by atoms with van der Waals surface area (Å²) in [5.41, 5.74) is 0. The second-order valence-corrected chi connectivity index (χ2v) is 4.50. The molecule has 0 saturated carbocycles. The van der Waals surface area contributed by atoms with Gasteiger partial charge in [-0.15, -0.1) is 0 Å². The number of hydrogen-bond acceptors (Lipinski definition) is 5. The molecule has 0 aromatic carbocycles. The van der Waals surface area contributed by atoms with Crippen LogP contribution in [0.2, 0.25) is 0 Å². The molecule has 3 unspecified atom stereocenters. The molecular formula is C12H24N2O4. The molecule has 0 aliphatic carbocycles. The van der Waals surface area contributed by atoms with Crippen molar-refractivity contribution in [2.45, 2.75) is 25.5 Å². The van der Waals surface area contributed by atoms with E-state index in [0.717, 1.165) is 6.54 Å². The predicted octanol–water partition coefficient (Wildman–Crippen LogP) is -0.875. The molecule has 0 aromatic rings. The fourth-order valence-corrected chi connectivity index (χ4v) is 2.04. The van der Waals surface area contributed by atoms with Gasteiger partial charge in [0, 0.05) is 19.7 Å². The number of methoxy groups -OCH3 is 1. The van der Waals surface area contributed by atoms with Crippen molar-refractivity contribution in [2.24, 2.45) is 5.92 Å². The molecule has 6 nitrogen and oxygen atoms in total. The standard InChI is InChI=1S/C12H24N2O4/c1-3-13-11-8-18-7-10(11)12(16)14-5-4-9(15)6-17-2/h9-11,13,15H,3-8H2,1-2H3,(H,14,16). The number of rotatable bonds is 8. The number of aliphatic hydroxyl groups excluding tert-OH is 1. The smallest absolute Gasteiger partial charge is 0.227 e. The van der Waals surface area contributed by atoms with Crippen LogP contribution in [0.5, 0.6) is 0 Å². The molecule has 0 radical (unpaired) electrons. The Morgan fingerprint density at radius 2 is 2.33 bits per heavy atom. The Balaban J connectivity index is 2.23. The fraction of sp³-hybridized carbons (Fsp3) is 0.917. The van der Waals surface area contributed by atoms with Crippen molar-refractivity contribution >= 4 is 5.91 Å². The molecule has 0 spiro atoms. The lowest BCUT2D eigenvalue weighted by Gasteiger charge is -2.18. The maximum absolute atomic E-state index is 11.9. The van der Waals surface area contributed by atoms with E-state index in [4.69, 9.17) is 9.47 Å². The van der Waals surface area contributed by atoms with Crippen molar-refractivity contribution in [3.63, 3.8) is 0 Å². The summed E-state index contributed by atoms with van der Waals surface area (Å²) in [6.07, 6.45) is -0.0290. The van der Waals surface area contributed by atoms with Crippen molar-refractivity contribution in [2.75, 3.05) is 40.0 Å². The summed E-state index contributed by atoms with van der Waals surface area (Å²) in [6.45, 7) is 4.63. The second kappa shape index (κ2) is 8.42. The minimum absolute atomic E-state index is 0.0110. The summed E-state index contributed by atoms with van der Waals surface area (Å²) in [5, 5.41) is 15.5. The predicted molar refractivity (Wildman–Crippen MR) is 67.3 cm³/mol. The van der Waals surface area contributed by atoms with Gasteiger partial charge in [-0.25, -0.2) is 0 Å². The maximum atomic E-state index is 11.9. The molecule has 3 N–H and O–H groups in total. The average Bonchev–Trinajstić information content (AvgIpc) is 2.78. The summed E-state index contributed by atoms with van der Waals surface area (Å²) in [7, 11) is 1.54. The minimum atomic E-state index is -0.528. The average molecular weight is 260 g/mol. The zero-order chi connectivity index (χ0) is 13.4. The molecule has 1 aliphatic rings. The molecule has 1 heterocycles. The molecule has 18 heavy (non-hydrogen) atoms. The number of hydrogen-bond donors (Lipinski definition) is 3. The fourth-order valence-electron chi connectivity index (χ4n) is 2.04. The van der Waals surface area contributed by atoms with E-state index in [1.54, 1.807) is 7.11 Å². The molecular weight excluding hydrogens is 236 g/mol. The Morgan fingerprint density at radius 3 is 3.00 bits per heavy atom. The molecule has 1 aliphatic heterocycles. The molecule has 106 valence electrons. The normalized spacial score (nSPS) is 25.1. The van der Waals surface area contributed by atoms with Gasteiger partial charge >= 0.3 is 0 Å². The van der Waals surface area contributed by atoms with Gasteiger partial charge in [0.2, 0.25) is 5.91 Å². The van der Waals surface area contributed by atoms with Gasteiger partial charge < -0.3 is 25.2 Å². The molecule has 0 aromatic heterocycles. The van der Waals surface area contributed by atoms with E-state index in [1.807, 2.05) is 6.92 Å².